The Hall–Kier alpha value is -1.55. The Balaban J connectivity index is 1.60. The largest absolute Gasteiger partial charge is 0.398 e. The van der Waals surface area contributed by atoms with Gasteiger partial charge in [-0.15, -0.1) is 0 Å². The number of anilines is 1. The van der Waals surface area contributed by atoms with Crippen LogP contribution in [0.15, 0.2) is 18.2 Å². The van der Waals surface area contributed by atoms with E-state index in [1.165, 1.54) is 25.7 Å². The average molecular weight is 287 g/mol. The Labute approximate surface area is 126 Å². The number of aryl methyl sites for hydroxylation is 1. The maximum Gasteiger partial charge on any atom is 0.254 e. The Bertz CT molecular complexity index is 515. The van der Waals surface area contributed by atoms with Gasteiger partial charge in [0.05, 0.1) is 0 Å². The van der Waals surface area contributed by atoms with Gasteiger partial charge in [-0.05, 0) is 37.5 Å². The third-order valence-corrected chi connectivity index (χ3v) is 4.97. The number of rotatable bonds is 2. The highest BCUT2D eigenvalue weighted by molar-refractivity contribution is 5.95. The summed E-state index contributed by atoms with van der Waals surface area (Å²) in [4.78, 5) is 17.1. The van der Waals surface area contributed by atoms with Crippen molar-refractivity contribution in [2.45, 2.75) is 38.6 Å². The van der Waals surface area contributed by atoms with E-state index in [1.807, 2.05) is 24.0 Å². The number of carbonyl (C=O) groups is 1. The van der Waals surface area contributed by atoms with Crippen molar-refractivity contribution in [2.24, 2.45) is 0 Å². The highest BCUT2D eigenvalue weighted by Gasteiger charge is 2.28. The van der Waals surface area contributed by atoms with Gasteiger partial charge in [0.1, 0.15) is 0 Å². The maximum atomic E-state index is 12.5. The predicted octanol–water partition coefficient (Wildman–Crippen LogP) is 2.28. The van der Waals surface area contributed by atoms with Crippen molar-refractivity contribution in [2.75, 3.05) is 31.9 Å². The molecule has 0 radical (unpaired) electrons. The van der Waals surface area contributed by atoms with E-state index in [-0.39, 0.29) is 5.91 Å². The molecule has 1 amide bonds. The van der Waals surface area contributed by atoms with Gasteiger partial charge in [-0.25, -0.2) is 0 Å². The van der Waals surface area contributed by atoms with E-state index in [1.54, 1.807) is 6.07 Å². The molecule has 21 heavy (non-hydrogen) atoms. The number of amides is 1. The van der Waals surface area contributed by atoms with E-state index in [0.717, 1.165) is 37.8 Å². The fraction of sp³-hybridized carbons (Fsp3) is 0.588. The topological polar surface area (TPSA) is 49.6 Å². The first-order chi connectivity index (χ1) is 10.1. The minimum Gasteiger partial charge on any atom is -0.398 e. The van der Waals surface area contributed by atoms with Gasteiger partial charge < -0.3 is 10.6 Å². The molecule has 0 aromatic heterocycles. The van der Waals surface area contributed by atoms with E-state index < -0.39 is 0 Å². The van der Waals surface area contributed by atoms with E-state index in [0.29, 0.717) is 11.3 Å². The van der Waals surface area contributed by atoms with Crippen LogP contribution < -0.4 is 5.73 Å². The predicted molar refractivity (Wildman–Crippen MR) is 85.3 cm³/mol. The summed E-state index contributed by atoms with van der Waals surface area (Å²) in [5.74, 6) is 0.118. The van der Waals surface area contributed by atoms with Crippen LogP contribution in [0.5, 0.6) is 0 Å². The molecule has 4 nitrogen and oxygen atoms in total. The van der Waals surface area contributed by atoms with Gasteiger partial charge in [-0.1, -0.05) is 18.9 Å². The Morgan fingerprint density at radius 2 is 1.81 bits per heavy atom. The first kappa shape index (κ1) is 14.4. The normalized spacial score (nSPS) is 20.9. The average Bonchev–Trinajstić information content (AvgIpc) is 3.04. The molecule has 3 rings (SSSR count). The van der Waals surface area contributed by atoms with Crippen LogP contribution in [0.2, 0.25) is 0 Å². The summed E-state index contributed by atoms with van der Waals surface area (Å²) in [5.41, 5.74) is 8.35. The fourth-order valence-corrected chi connectivity index (χ4v) is 3.52. The first-order valence-corrected chi connectivity index (χ1v) is 8.04. The van der Waals surface area contributed by atoms with Gasteiger partial charge in [0.25, 0.3) is 5.91 Å². The van der Waals surface area contributed by atoms with Crippen molar-refractivity contribution in [1.29, 1.82) is 0 Å². The van der Waals surface area contributed by atoms with Crippen molar-refractivity contribution >= 4 is 11.6 Å². The maximum absolute atomic E-state index is 12.5. The van der Waals surface area contributed by atoms with Gasteiger partial charge in [-0.2, -0.15) is 0 Å². The lowest BCUT2D eigenvalue weighted by Crippen LogP contribution is -2.51. The Morgan fingerprint density at radius 1 is 1.14 bits per heavy atom. The number of carbonyl (C=O) groups excluding carboxylic acids is 1. The Morgan fingerprint density at radius 3 is 2.43 bits per heavy atom. The van der Waals surface area contributed by atoms with Crippen molar-refractivity contribution in [1.82, 2.24) is 9.80 Å². The molecule has 0 unspecified atom stereocenters. The van der Waals surface area contributed by atoms with Crippen LogP contribution in [0.1, 0.15) is 41.6 Å². The van der Waals surface area contributed by atoms with E-state index in [4.69, 9.17) is 5.73 Å². The standard InChI is InChI=1S/C17H25N3O/c1-13-6-7-14(12-16(13)18)17(21)20-10-8-19(9-11-20)15-4-2-3-5-15/h6-7,12,15H,2-5,8-11,18H2,1H3. The second-order valence-electron chi connectivity index (χ2n) is 6.34. The Kier molecular flexibility index (Phi) is 4.15. The molecular formula is C17H25N3O. The smallest absolute Gasteiger partial charge is 0.254 e. The summed E-state index contributed by atoms with van der Waals surface area (Å²) in [7, 11) is 0. The molecule has 2 aliphatic rings. The van der Waals surface area contributed by atoms with E-state index in [9.17, 15) is 4.79 Å². The highest BCUT2D eigenvalue weighted by Crippen LogP contribution is 2.24. The molecule has 1 saturated heterocycles. The fourth-order valence-electron chi connectivity index (χ4n) is 3.52. The lowest BCUT2D eigenvalue weighted by molar-refractivity contribution is 0.0573. The number of benzene rings is 1. The molecule has 0 atom stereocenters. The SMILES string of the molecule is Cc1ccc(C(=O)N2CCN(C3CCCC3)CC2)cc1N. The lowest BCUT2D eigenvalue weighted by Gasteiger charge is -2.38. The van der Waals surface area contributed by atoms with Crippen LogP contribution in [0, 0.1) is 6.92 Å². The quantitative estimate of drug-likeness (QED) is 0.849. The number of hydrogen-bond donors (Lipinski definition) is 1. The molecule has 1 heterocycles. The van der Waals surface area contributed by atoms with Crippen LogP contribution in [-0.2, 0) is 0 Å². The van der Waals surface area contributed by atoms with Crippen molar-refractivity contribution in [3.8, 4) is 0 Å². The number of nitrogens with two attached hydrogens (primary N) is 1. The third-order valence-electron chi connectivity index (χ3n) is 4.97. The van der Waals surface area contributed by atoms with Crippen LogP contribution >= 0.6 is 0 Å². The monoisotopic (exact) mass is 287 g/mol. The molecule has 1 aliphatic carbocycles. The second-order valence-corrected chi connectivity index (χ2v) is 6.34. The van der Waals surface area contributed by atoms with E-state index in [2.05, 4.69) is 4.90 Å². The molecule has 0 bridgehead atoms. The second kappa shape index (κ2) is 6.06. The minimum atomic E-state index is 0.118. The van der Waals surface area contributed by atoms with Gasteiger partial charge >= 0.3 is 0 Å². The van der Waals surface area contributed by atoms with Crippen LogP contribution in [0.4, 0.5) is 5.69 Å². The molecular weight excluding hydrogens is 262 g/mol. The molecule has 4 heteroatoms. The zero-order chi connectivity index (χ0) is 14.8. The number of nitrogen functional groups attached to an aromatic ring is 1. The summed E-state index contributed by atoms with van der Waals surface area (Å²) >= 11 is 0. The lowest BCUT2D eigenvalue weighted by atomic mass is 10.1. The van der Waals surface area contributed by atoms with Crippen LogP contribution in [-0.4, -0.2) is 47.9 Å². The summed E-state index contributed by atoms with van der Waals surface area (Å²) in [6.07, 6.45) is 5.41. The number of nitrogens with zero attached hydrogens (tertiary/aromatic N) is 2. The van der Waals surface area contributed by atoms with Gasteiger partial charge in [-0.3, -0.25) is 9.69 Å². The molecule has 1 aliphatic heterocycles. The first-order valence-electron chi connectivity index (χ1n) is 8.04. The molecule has 1 saturated carbocycles. The summed E-state index contributed by atoms with van der Waals surface area (Å²) in [6, 6.07) is 6.38. The van der Waals surface area contributed by atoms with Crippen molar-refractivity contribution in [3.05, 3.63) is 29.3 Å². The summed E-state index contributed by atoms with van der Waals surface area (Å²) in [5, 5.41) is 0. The summed E-state index contributed by atoms with van der Waals surface area (Å²) < 4.78 is 0. The highest BCUT2D eigenvalue weighted by atomic mass is 16.2. The van der Waals surface area contributed by atoms with Crippen molar-refractivity contribution < 1.29 is 4.79 Å². The molecule has 2 N–H and O–H groups in total. The van der Waals surface area contributed by atoms with Gasteiger partial charge in [0, 0.05) is 43.5 Å². The zero-order valence-electron chi connectivity index (χ0n) is 12.8. The van der Waals surface area contributed by atoms with Crippen LogP contribution in [0.3, 0.4) is 0 Å². The molecule has 1 aromatic rings. The van der Waals surface area contributed by atoms with Gasteiger partial charge in [0.2, 0.25) is 0 Å². The van der Waals surface area contributed by atoms with Gasteiger partial charge in [0.15, 0.2) is 0 Å². The zero-order valence-corrected chi connectivity index (χ0v) is 12.8. The minimum absolute atomic E-state index is 0.118. The molecule has 0 spiro atoms. The third kappa shape index (κ3) is 3.05. The van der Waals surface area contributed by atoms with Crippen LogP contribution in [0.25, 0.3) is 0 Å². The molecule has 114 valence electrons. The molecule has 2 fully saturated rings. The molecule has 1 aromatic carbocycles. The van der Waals surface area contributed by atoms with Crippen molar-refractivity contribution in [3.63, 3.8) is 0 Å². The number of hydrogen-bond acceptors (Lipinski definition) is 3. The van der Waals surface area contributed by atoms with E-state index >= 15 is 0 Å². The summed E-state index contributed by atoms with van der Waals surface area (Å²) in [6.45, 7) is 5.66. The number of piperazine rings is 1.